The summed E-state index contributed by atoms with van der Waals surface area (Å²) in [6.07, 6.45) is 7.72. The van der Waals surface area contributed by atoms with Crippen molar-refractivity contribution in [2.45, 2.75) is 44.8 Å². The van der Waals surface area contributed by atoms with Crippen LogP contribution in [0, 0.1) is 5.92 Å². The van der Waals surface area contributed by atoms with Crippen molar-refractivity contribution >= 4 is 17.0 Å². The minimum Gasteiger partial charge on any atom is -0.445 e. The van der Waals surface area contributed by atoms with Crippen LogP contribution in [0.25, 0.3) is 10.9 Å². The van der Waals surface area contributed by atoms with Crippen LogP contribution in [-0.2, 0) is 11.3 Å². The first-order valence-electron chi connectivity index (χ1n) is 9.84. The van der Waals surface area contributed by atoms with Gasteiger partial charge in [0.15, 0.2) is 0 Å². The van der Waals surface area contributed by atoms with Gasteiger partial charge >= 0.3 is 6.09 Å². The van der Waals surface area contributed by atoms with E-state index < -0.39 is 0 Å². The van der Waals surface area contributed by atoms with Gasteiger partial charge in [-0.3, -0.25) is 0 Å². The molecule has 1 aliphatic rings. The van der Waals surface area contributed by atoms with Gasteiger partial charge in [0.25, 0.3) is 0 Å². The van der Waals surface area contributed by atoms with Gasteiger partial charge < -0.3 is 15.0 Å². The Bertz CT molecular complexity index is 882. The lowest BCUT2D eigenvalue weighted by molar-refractivity contribution is 0.129. The van der Waals surface area contributed by atoms with Gasteiger partial charge in [-0.2, -0.15) is 0 Å². The largest absolute Gasteiger partial charge is 0.445 e. The fourth-order valence-corrected chi connectivity index (χ4v) is 4.16. The molecule has 2 aromatic carbocycles. The molecule has 4 rings (SSSR count). The summed E-state index contributed by atoms with van der Waals surface area (Å²) >= 11 is 0. The highest BCUT2D eigenvalue weighted by Crippen LogP contribution is 2.37. The van der Waals surface area contributed by atoms with Crippen LogP contribution in [0.4, 0.5) is 4.79 Å². The van der Waals surface area contributed by atoms with Gasteiger partial charge in [0, 0.05) is 22.7 Å². The van der Waals surface area contributed by atoms with Gasteiger partial charge in [-0.1, -0.05) is 67.8 Å². The number of amides is 1. The zero-order valence-electron chi connectivity index (χ0n) is 15.5. The first-order chi connectivity index (χ1) is 13.3. The van der Waals surface area contributed by atoms with Crippen molar-refractivity contribution in [3.05, 3.63) is 71.9 Å². The smallest absolute Gasteiger partial charge is 0.407 e. The number of para-hydroxylation sites is 1. The zero-order valence-corrected chi connectivity index (χ0v) is 15.5. The maximum Gasteiger partial charge on any atom is 0.407 e. The zero-order chi connectivity index (χ0) is 18.5. The molecule has 0 saturated heterocycles. The maximum absolute atomic E-state index is 12.6. The summed E-state index contributed by atoms with van der Waals surface area (Å²) in [4.78, 5) is 15.9. The Morgan fingerprint density at radius 3 is 2.59 bits per heavy atom. The Hall–Kier alpha value is -2.75. The summed E-state index contributed by atoms with van der Waals surface area (Å²) in [5.74, 6) is 0.447. The van der Waals surface area contributed by atoms with Crippen molar-refractivity contribution in [2.75, 3.05) is 0 Å². The Kier molecular flexibility index (Phi) is 5.42. The Labute approximate surface area is 159 Å². The average Bonchev–Trinajstić information content (AvgIpc) is 3.16. The number of ether oxygens (including phenoxy) is 1. The molecule has 1 atom stereocenters. The number of aromatic nitrogens is 1. The second-order valence-corrected chi connectivity index (χ2v) is 7.37. The van der Waals surface area contributed by atoms with Crippen molar-refractivity contribution in [1.82, 2.24) is 10.3 Å². The van der Waals surface area contributed by atoms with Gasteiger partial charge in [-0.05, 0) is 30.4 Å². The molecule has 4 nitrogen and oxygen atoms in total. The molecule has 1 fully saturated rings. The number of nitrogens with one attached hydrogen (secondary N) is 2. The van der Waals surface area contributed by atoms with Crippen LogP contribution < -0.4 is 5.32 Å². The molecule has 1 saturated carbocycles. The average molecular weight is 362 g/mol. The third-order valence-corrected chi connectivity index (χ3v) is 5.56. The van der Waals surface area contributed by atoms with Crippen molar-refractivity contribution in [1.29, 1.82) is 0 Å². The van der Waals surface area contributed by atoms with E-state index >= 15 is 0 Å². The van der Waals surface area contributed by atoms with Gasteiger partial charge in [-0.25, -0.2) is 4.79 Å². The van der Waals surface area contributed by atoms with E-state index in [0.717, 1.165) is 29.5 Å². The highest BCUT2D eigenvalue weighted by molar-refractivity contribution is 5.84. The molecule has 1 heterocycles. The van der Waals surface area contributed by atoms with Crippen molar-refractivity contribution in [3.8, 4) is 0 Å². The quantitative estimate of drug-likeness (QED) is 0.610. The molecular weight excluding hydrogens is 336 g/mol. The van der Waals surface area contributed by atoms with E-state index in [1.165, 1.54) is 24.6 Å². The van der Waals surface area contributed by atoms with Gasteiger partial charge in [0.05, 0.1) is 6.04 Å². The summed E-state index contributed by atoms with van der Waals surface area (Å²) < 4.78 is 5.50. The monoisotopic (exact) mass is 362 g/mol. The van der Waals surface area contributed by atoms with E-state index in [1.54, 1.807) is 0 Å². The van der Waals surface area contributed by atoms with E-state index in [0.29, 0.717) is 5.92 Å². The third-order valence-electron chi connectivity index (χ3n) is 5.56. The second kappa shape index (κ2) is 8.30. The van der Waals surface area contributed by atoms with E-state index in [9.17, 15) is 4.79 Å². The number of hydrogen-bond donors (Lipinski definition) is 2. The second-order valence-electron chi connectivity index (χ2n) is 7.37. The lowest BCUT2D eigenvalue weighted by Gasteiger charge is -2.30. The lowest BCUT2D eigenvalue weighted by atomic mass is 9.81. The molecule has 0 aliphatic heterocycles. The Balaban J connectivity index is 1.52. The lowest BCUT2D eigenvalue weighted by Crippen LogP contribution is -2.34. The molecule has 140 valence electrons. The van der Waals surface area contributed by atoms with Crippen LogP contribution in [0.2, 0.25) is 0 Å². The van der Waals surface area contributed by atoms with E-state index in [2.05, 4.69) is 22.4 Å². The number of fused-ring (bicyclic) bond motifs is 1. The van der Waals surface area contributed by atoms with Crippen LogP contribution >= 0.6 is 0 Å². The number of aromatic amines is 1. The number of rotatable bonds is 5. The molecule has 0 bridgehead atoms. The van der Waals surface area contributed by atoms with E-state index in [4.69, 9.17) is 4.74 Å². The predicted octanol–water partition coefficient (Wildman–Crippen LogP) is 5.72. The number of benzene rings is 2. The fraction of sp³-hybridized carbons (Fsp3) is 0.348. The Morgan fingerprint density at radius 2 is 1.78 bits per heavy atom. The standard InChI is InChI=1S/C23H26N2O2/c26-23(27-16-17-9-3-1-4-10-17)25-22(18-11-5-2-6-12-18)20-15-24-21-14-8-7-13-19(20)21/h1,3-4,7-10,13-15,18,22,24H,2,5-6,11-12,16H2,(H,25,26). The number of alkyl carbamates (subject to hydrolysis) is 1. The molecular formula is C23H26N2O2. The summed E-state index contributed by atoms with van der Waals surface area (Å²) in [6, 6.07) is 18.0. The number of carbonyl (C=O) groups excluding carboxylic acids is 1. The molecule has 0 radical (unpaired) electrons. The van der Waals surface area contributed by atoms with Crippen molar-refractivity contribution in [2.24, 2.45) is 5.92 Å². The SMILES string of the molecule is O=C(NC(c1c[nH]c2ccccc12)C1CCCCC1)OCc1ccccc1. The topological polar surface area (TPSA) is 54.1 Å². The van der Waals surface area contributed by atoms with Crippen LogP contribution in [0.3, 0.4) is 0 Å². The summed E-state index contributed by atoms with van der Waals surface area (Å²) in [7, 11) is 0. The van der Waals surface area contributed by atoms with Gasteiger partial charge in [0.2, 0.25) is 0 Å². The van der Waals surface area contributed by atoms with Crippen LogP contribution in [0.5, 0.6) is 0 Å². The molecule has 3 aromatic rings. The minimum absolute atomic E-state index is 0.0234. The third kappa shape index (κ3) is 4.16. The summed E-state index contributed by atoms with van der Waals surface area (Å²) in [5, 5.41) is 4.35. The minimum atomic E-state index is -0.347. The number of carbonyl (C=O) groups is 1. The van der Waals surface area contributed by atoms with Crippen molar-refractivity contribution < 1.29 is 9.53 Å². The fourth-order valence-electron chi connectivity index (χ4n) is 4.16. The highest BCUT2D eigenvalue weighted by Gasteiger charge is 2.28. The summed E-state index contributed by atoms with van der Waals surface area (Å²) in [5.41, 5.74) is 3.26. The summed E-state index contributed by atoms with van der Waals surface area (Å²) in [6.45, 7) is 0.290. The Morgan fingerprint density at radius 1 is 1.04 bits per heavy atom. The van der Waals surface area contributed by atoms with Crippen LogP contribution in [-0.4, -0.2) is 11.1 Å². The van der Waals surface area contributed by atoms with Crippen LogP contribution in [0.15, 0.2) is 60.8 Å². The first-order valence-corrected chi connectivity index (χ1v) is 9.84. The van der Waals surface area contributed by atoms with Crippen LogP contribution in [0.1, 0.15) is 49.3 Å². The molecule has 1 amide bonds. The van der Waals surface area contributed by atoms with Crippen molar-refractivity contribution in [3.63, 3.8) is 0 Å². The normalized spacial score (nSPS) is 16.1. The first kappa shape index (κ1) is 17.7. The molecule has 2 N–H and O–H groups in total. The van der Waals surface area contributed by atoms with E-state index in [1.807, 2.05) is 48.7 Å². The highest BCUT2D eigenvalue weighted by atomic mass is 16.5. The molecule has 1 aromatic heterocycles. The molecule has 0 spiro atoms. The maximum atomic E-state index is 12.6. The van der Waals surface area contributed by atoms with Gasteiger partial charge in [0.1, 0.15) is 6.61 Å². The molecule has 1 unspecified atom stereocenters. The molecule has 1 aliphatic carbocycles. The van der Waals surface area contributed by atoms with E-state index in [-0.39, 0.29) is 18.7 Å². The number of H-pyrrole nitrogens is 1. The molecule has 27 heavy (non-hydrogen) atoms. The number of hydrogen-bond acceptors (Lipinski definition) is 2. The molecule has 4 heteroatoms. The van der Waals surface area contributed by atoms with Gasteiger partial charge in [-0.15, -0.1) is 0 Å². The predicted molar refractivity (Wildman–Crippen MR) is 107 cm³/mol.